The van der Waals surface area contributed by atoms with Crippen LogP contribution in [-0.2, 0) is 19.1 Å². The molecule has 0 aromatic rings. The van der Waals surface area contributed by atoms with Crippen LogP contribution in [-0.4, -0.2) is 25.2 Å². The first-order valence-corrected chi connectivity index (χ1v) is 18.2. The second kappa shape index (κ2) is 31.9. The topological polar surface area (TPSA) is 52.6 Å². The van der Waals surface area contributed by atoms with Crippen molar-refractivity contribution in [3.63, 3.8) is 0 Å². The molecule has 0 aromatic heterocycles. The van der Waals surface area contributed by atoms with E-state index in [1.54, 1.807) is 0 Å². The molecule has 0 unspecified atom stereocenters. The zero-order valence-electron chi connectivity index (χ0n) is 28.3. The van der Waals surface area contributed by atoms with E-state index < -0.39 is 0 Å². The summed E-state index contributed by atoms with van der Waals surface area (Å²) in [6.45, 7) is 10.4. The Hall–Kier alpha value is -1.06. The Morgan fingerprint density at radius 2 is 0.610 bits per heavy atom. The van der Waals surface area contributed by atoms with Gasteiger partial charge in [-0.25, -0.2) is 0 Å². The minimum atomic E-state index is -0.0490. The lowest BCUT2D eigenvalue weighted by Gasteiger charge is -2.06. The summed E-state index contributed by atoms with van der Waals surface area (Å²) in [4.78, 5) is 23.8. The molecule has 0 saturated heterocycles. The standard InChI is InChI=1S/C37H72O4/c1-34(2)28-22-16-11-7-5-9-13-20-26-32-40-36(38)30-24-18-15-19-25-31-37(39)41-33-27-21-14-10-6-8-12-17-23-29-35(3)4/h34-35H,5-33H2,1-4H3. The van der Waals surface area contributed by atoms with Crippen LogP contribution in [0.15, 0.2) is 0 Å². The molecule has 41 heavy (non-hydrogen) atoms. The normalized spacial score (nSPS) is 11.5. The van der Waals surface area contributed by atoms with Crippen LogP contribution in [0, 0.1) is 11.8 Å². The van der Waals surface area contributed by atoms with E-state index >= 15 is 0 Å². The van der Waals surface area contributed by atoms with Crippen molar-refractivity contribution in [2.45, 2.75) is 201 Å². The fourth-order valence-corrected chi connectivity index (χ4v) is 5.37. The number of carbonyl (C=O) groups is 2. The van der Waals surface area contributed by atoms with E-state index in [1.807, 2.05) is 0 Å². The summed E-state index contributed by atoms with van der Waals surface area (Å²) >= 11 is 0. The van der Waals surface area contributed by atoms with Crippen LogP contribution < -0.4 is 0 Å². The second-order valence-corrected chi connectivity index (χ2v) is 13.4. The number of esters is 2. The molecule has 0 aliphatic carbocycles. The number of rotatable bonds is 32. The van der Waals surface area contributed by atoms with Gasteiger partial charge >= 0.3 is 11.9 Å². The Morgan fingerprint density at radius 3 is 0.902 bits per heavy atom. The Labute approximate surface area is 256 Å². The smallest absolute Gasteiger partial charge is 0.305 e. The molecule has 0 spiro atoms. The third kappa shape index (κ3) is 35.0. The molecule has 0 heterocycles. The van der Waals surface area contributed by atoms with Gasteiger partial charge in [0.25, 0.3) is 0 Å². The molecule has 4 heteroatoms. The van der Waals surface area contributed by atoms with Gasteiger partial charge in [0.2, 0.25) is 0 Å². The van der Waals surface area contributed by atoms with Crippen LogP contribution in [0.4, 0.5) is 0 Å². The lowest BCUT2D eigenvalue weighted by molar-refractivity contribution is -0.144. The summed E-state index contributed by atoms with van der Waals surface area (Å²) in [5.41, 5.74) is 0. The van der Waals surface area contributed by atoms with Crippen molar-refractivity contribution >= 4 is 11.9 Å². The Bertz CT molecular complexity index is 509. The molecule has 0 radical (unpaired) electrons. The highest BCUT2D eigenvalue weighted by molar-refractivity contribution is 5.69. The van der Waals surface area contributed by atoms with Crippen molar-refractivity contribution in [1.82, 2.24) is 0 Å². The van der Waals surface area contributed by atoms with E-state index in [4.69, 9.17) is 9.47 Å². The van der Waals surface area contributed by atoms with Gasteiger partial charge in [-0.3, -0.25) is 9.59 Å². The van der Waals surface area contributed by atoms with Crippen LogP contribution in [0.5, 0.6) is 0 Å². The van der Waals surface area contributed by atoms with Crippen LogP contribution >= 0.6 is 0 Å². The SMILES string of the molecule is CC(C)CCCCCCCCCCCOC(=O)CCCCCCCC(=O)OCCCCCCCCCCCC(C)C. The minimum absolute atomic E-state index is 0.0490. The summed E-state index contributed by atoms with van der Waals surface area (Å²) < 4.78 is 10.8. The summed E-state index contributed by atoms with van der Waals surface area (Å²) in [6, 6.07) is 0. The molecule has 0 aromatic carbocycles. The highest BCUT2D eigenvalue weighted by Crippen LogP contribution is 2.15. The number of unbranched alkanes of at least 4 members (excludes halogenated alkanes) is 20. The van der Waals surface area contributed by atoms with Crippen molar-refractivity contribution in [3.8, 4) is 0 Å². The molecule has 0 bridgehead atoms. The summed E-state index contributed by atoms with van der Waals surface area (Å²) in [7, 11) is 0. The summed E-state index contributed by atoms with van der Waals surface area (Å²) in [5, 5.41) is 0. The van der Waals surface area contributed by atoms with Crippen molar-refractivity contribution in [3.05, 3.63) is 0 Å². The van der Waals surface area contributed by atoms with E-state index in [-0.39, 0.29) is 11.9 Å². The van der Waals surface area contributed by atoms with E-state index in [1.165, 1.54) is 116 Å². The lowest BCUT2D eigenvalue weighted by Crippen LogP contribution is -2.06. The largest absolute Gasteiger partial charge is 0.466 e. The molecule has 0 rings (SSSR count). The first kappa shape index (κ1) is 39.9. The molecule has 0 saturated carbocycles. The van der Waals surface area contributed by atoms with Crippen LogP contribution in [0.1, 0.15) is 201 Å². The first-order chi connectivity index (χ1) is 19.9. The van der Waals surface area contributed by atoms with Crippen LogP contribution in [0.3, 0.4) is 0 Å². The van der Waals surface area contributed by atoms with Crippen molar-refractivity contribution in [2.75, 3.05) is 13.2 Å². The van der Waals surface area contributed by atoms with Crippen LogP contribution in [0.25, 0.3) is 0 Å². The van der Waals surface area contributed by atoms with Crippen molar-refractivity contribution in [2.24, 2.45) is 11.8 Å². The molecule has 4 nitrogen and oxygen atoms in total. The highest BCUT2D eigenvalue weighted by atomic mass is 16.5. The maximum absolute atomic E-state index is 11.9. The van der Waals surface area contributed by atoms with E-state index in [2.05, 4.69) is 27.7 Å². The van der Waals surface area contributed by atoms with E-state index in [9.17, 15) is 9.59 Å². The number of ether oxygens (including phenoxy) is 2. The second-order valence-electron chi connectivity index (χ2n) is 13.4. The lowest BCUT2D eigenvalue weighted by atomic mass is 10.0. The van der Waals surface area contributed by atoms with Gasteiger partial charge in [-0.15, -0.1) is 0 Å². The number of hydrogen-bond acceptors (Lipinski definition) is 4. The van der Waals surface area contributed by atoms with Gasteiger partial charge in [-0.1, -0.05) is 163 Å². The molecular weight excluding hydrogens is 508 g/mol. The molecule has 0 aliphatic heterocycles. The molecular formula is C37H72O4. The van der Waals surface area contributed by atoms with E-state index in [0.717, 1.165) is 56.8 Å². The Morgan fingerprint density at radius 1 is 0.366 bits per heavy atom. The predicted octanol–water partition coefficient (Wildman–Crippen LogP) is 11.9. The average molecular weight is 581 g/mol. The zero-order valence-corrected chi connectivity index (χ0v) is 28.3. The van der Waals surface area contributed by atoms with Crippen molar-refractivity contribution in [1.29, 1.82) is 0 Å². The molecule has 0 amide bonds. The molecule has 244 valence electrons. The van der Waals surface area contributed by atoms with Crippen molar-refractivity contribution < 1.29 is 19.1 Å². The van der Waals surface area contributed by atoms with Gasteiger partial charge in [0.1, 0.15) is 0 Å². The van der Waals surface area contributed by atoms with Gasteiger partial charge in [0, 0.05) is 12.8 Å². The van der Waals surface area contributed by atoms with Gasteiger partial charge in [0.05, 0.1) is 13.2 Å². The zero-order chi connectivity index (χ0) is 30.2. The Balaban J connectivity index is 3.27. The molecule has 0 fully saturated rings. The summed E-state index contributed by atoms with van der Waals surface area (Å²) in [5.74, 6) is 1.59. The average Bonchev–Trinajstić information content (AvgIpc) is 2.93. The minimum Gasteiger partial charge on any atom is -0.466 e. The number of carbonyl (C=O) groups excluding carboxylic acids is 2. The fourth-order valence-electron chi connectivity index (χ4n) is 5.37. The van der Waals surface area contributed by atoms with Gasteiger partial charge in [0.15, 0.2) is 0 Å². The summed E-state index contributed by atoms with van der Waals surface area (Å²) in [6.07, 6.45) is 31.9. The highest BCUT2D eigenvalue weighted by Gasteiger charge is 2.05. The first-order valence-electron chi connectivity index (χ1n) is 18.2. The Kier molecular flexibility index (Phi) is 31.0. The molecule has 0 aliphatic rings. The maximum Gasteiger partial charge on any atom is 0.305 e. The third-order valence-corrected chi connectivity index (χ3v) is 8.14. The fraction of sp³-hybridized carbons (Fsp3) is 0.946. The van der Waals surface area contributed by atoms with Gasteiger partial charge in [-0.05, 0) is 37.5 Å². The molecule has 0 N–H and O–H groups in total. The maximum atomic E-state index is 11.9. The molecule has 0 atom stereocenters. The quantitative estimate of drug-likeness (QED) is 0.0586. The third-order valence-electron chi connectivity index (χ3n) is 8.14. The number of hydrogen-bond donors (Lipinski definition) is 0. The predicted molar refractivity (Wildman–Crippen MR) is 176 cm³/mol. The van der Waals surface area contributed by atoms with Gasteiger partial charge < -0.3 is 9.47 Å². The monoisotopic (exact) mass is 581 g/mol. The van der Waals surface area contributed by atoms with Crippen LogP contribution in [0.2, 0.25) is 0 Å². The van der Waals surface area contributed by atoms with Gasteiger partial charge in [-0.2, -0.15) is 0 Å². The van der Waals surface area contributed by atoms with E-state index in [0.29, 0.717) is 26.1 Å².